The number of carbonyl (C=O) groups is 2. The predicted octanol–water partition coefficient (Wildman–Crippen LogP) is 3.68. The fourth-order valence-corrected chi connectivity index (χ4v) is 3.38. The van der Waals surface area contributed by atoms with Crippen LogP contribution in [0.3, 0.4) is 0 Å². The number of nitrogens with zero attached hydrogens (tertiary/aromatic N) is 1. The van der Waals surface area contributed by atoms with Crippen LogP contribution in [-0.4, -0.2) is 29.1 Å². The van der Waals surface area contributed by atoms with E-state index in [-0.39, 0.29) is 23.8 Å². The van der Waals surface area contributed by atoms with Gasteiger partial charge in [-0.25, -0.2) is 4.79 Å². The van der Waals surface area contributed by atoms with E-state index in [1.54, 1.807) is 24.5 Å². The molecule has 0 bridgehead atoms. The summed E-state index contributed by atoms with van der Waals surface area (Å²) in [6, 6.07) is 3.54. The van der Waals surface area contributed by atoms with Gasteiger partial charge in [0, 0.05) is 23.7 Å². The molecule has 1 aromatic carbocycles. The van der Waals surface area contributed by atoms with E-state index in [2.05, 4.69) is 10.3 Å². The summed E-state index contributed by atoms with van der Waals surface area (Å²) in [6.45, 7) is 3.92. The van der Waals surface area contributed by atoms with Gasteiger partial charge in [0.1, 0.15) is 23.7 Å². The number of phenolic OH excluding ortho intramolecular Hbond substituents is 1. The lowest BCUT2D eigenvalue weighted by molar-refractivity contribution is -0.116. The Hall–Kier alpha value is -3.35. The number of anilines is 1. The van der Waals surface area contributed by atoms with Gasteiger partial charge in [0.05, 0.1) is 19.0 Å². The van der Waals surface area contributed by atoms with Gasteiger partial charge in [-0.1, -0.05) is 11.6 Å². The third kappa shape index (κ3) is 4.39. The summed E-state index contributed by atoms with van der Waals surface area (Å²) in [6.07, 6.45) is 6.45. The zero-order valence-corrected chi connectivity index (χ0v) is 16.7. The number of esters is 1. The van der Waals surface area contributed by atoms with Gasteiger partial charge in [-0.15, -0.1) is 0 Å². The minimum Gasteiger partial charge on any atom is -0.507 e. The Labute approximate surface area is 169 Å². The summed E-state index contributed by atoms with van der Waals surface area (Å²) in [5.74, 6) is -0.152. The summed E-state index contributed by atoms with van der Waals surface area (Å²) in [5.41, 5.74) is 3.88. The van der Waals surface area contributed by atoms with E-state index in [0.29, 0.717) is 41.8 Å². The van der Waals surface area contributed by atoms with E-state index in [1.165, 1.54) is 7.11 Å². The molecule has 0 saturated heterocycles. The van der Waals surface area contributed by atoms with Gasteiger partial charge in [-0.3, -0.25) is 9.78 Å². The Balaban J connectivity index is 1.69. The standard InChI is InChI=1S/C22H24N2O5/c1-13(7-9-18(25)24-15-5-4-10-23-11-15)6-8-16-20(26)19-17(12-29-22(19)27)14(2)21(16)28-3/h4-6,10-11,26H,7-9,12H2,1-3H3,(H,24,25)/b13-6+. The van der Waals surface area contributed by atoms with Crippen LogP contribution < -0.4 is 10.1 Å². The average Bonchev–Trinajstić information content (AvgIpc) is 3.11. The Morgan fingerprint density at radius 1 is 1.41 bits per heavy atom. The molecule has 1 aliphatic heterocycles. The molecule has 0 spiro atoms. The number of hydrogen-bond donors (Lipinski definition) is 2. The first kappa shape index (κ1) is 20.4. The van der Waals surface area contributed by atoms with E-state index in [9.17, 15) is 14.7 Å². The molecule has 2 heterocycles. The zero-order valence-electron chi connectivity index (χ0n) is 16.7. The van der Waals surface area contributed by atoms with Crippen molar-refractivity contribution in [3.05, 3.63) is 58.4 Å². The molecule has 0 radical (unpaired) electrons. The maximum Gasteiger partial charge on any atom is 0.342 e. The third-order valence-electron chi connectivity index (χ3n) is 4.99. The van der Waals surface area contributed by atoms with Gasteiger partial charge in [-0.05, 0) is 44.4 Å². The highest BCUT2D eigenvalue weighted by molar-refractivity contribution is 5.98. The van der Waals surface area contributed by atoms with Crippen LogP contribution in [-0.2, 0) is 22.6 Å². The van der Waals surface area contributed by atoms with Crippen molar-refractivity contribution in [2.75, 3.05) is 12.4 Å². The fraction of sp³-hybridized carbons (Fsp3) is 0.318. The van der Waals surface area contributed by atoms with Crippen molar-refractivity contribution < 1.29 is 24.2 Å². The molecule has 2 N–H and O–H groups in total. The van der Waals surface area contributed by atoms with Crippen LogP contribution in [0.2, 0.25) is 0 Å². The van der Waals surface area contributed by atoms with Crippen LogP contribution in [0.1, 0.15) is 46.8 Å². The number of pyridine rings is 1. The first-order valence-corrected chi connectivity index (χ1v) is 9.36. The number of nitrogens with one attached hydrogen (secondary N) is 1. The number of phenols is 1. The number of methoxy groups -OCH3 is 1. The molecule has 7 nitrogen and oxygen atoms in total. The van der Waals surface area contributed by atoms with Crippen LogP contribution in [0.5, 0.6) is 11.5 Å². The molecule has 152 valence electrons. The van der Waals surface area contributed by atoms with Crippen LogP contribution in [0.15, 0.2) is 36.2 Å². The van der Waals surface area contributed by atoms with Crippen molar-refractivity contribution in [1.82, 2.24) is 4.98 Å². The van der Waals surface area contributed by atoms with Gasteiger partial charge in [0.2, 0.25) is 5.91 Å². The van der Waals surface area contributed by atoms with Gasteiger partial charge in [0.15, 0.2) is 0 Å². The van der Waals surface area contributed by atoms with Crippen molar-refractivity contribution in [1.29, 1.82) is 0 Å². The van der Waals surface area contributed by atoms with Gasteiger partial charge in [0.25, 0.3) is 0 Å². The number of fused-ring (bicyclic) bond motifs is 1. The second kappa shape index (κ2) is 8.77. The number of benzene rings is 1. The van der Waals surface area contributed by atoms with Crippen LogP contribution in [0.4, 0.5) is 5.69 Å². The quantitative estimate of drug-likeness (QED) is 0.547. The molecule has 0 atom stereocenters. The SMILES string of the molecule is COc1c(C)c2c(c(O)c1C/C=C(\C)CCC(=O)Nc1cccnc1)C(=O)OC2. The second-order valence-electron chi connectivity index (χ2n) is 6.96. The number of amides is 1. The van der Waals surface area contributed by atoms with Crippen LogP contribution in [0.25, 0.3) is 0 Å². The van der Waals surface area contributed by atoms with Crippen LogP contribution in [0, 0.1) is 6.92 Å². The molecular formula is C22H24N2O5. The average molecular weight is 396 g/mol. The maximum absolute atomic E-state index is 12.1. The molecule has 0 unspecified atom stereocenters. The Kier molecular flexibility index (Phi) is 6.16. The lowest BCUT2D eigenvalue weighted by Crippen LogP contribution is -2.11. The van der Waals surface area contributed by atoms with Crippen molar-refractivity contribution in [3.8, 4) is 11.5 Å². The molecule has 3 rings (SSSR count). The van der Waals surface area contributed by atoms with E-state index >= 15 is 0 Å². The molecule has 1 aromatic heterocycles. The zero-order chi connectivity index (χ0) is 21.0. The smallest absolute Gasteiger partial charge is 0.342 e. The van der Waals surface area contributed by atoms with Crippen molar-refractivity contribution in [2.24, 2.45) is 0 Å². The van der Waals surface area contributed by atoms with Crippen LogP contribution >= 0.6 is 0 Å². The Bertz CT molecular complexity index is 967. The van der Waals surface area contributed by atoms with Crippen molar-refractivity contribution >= 4 is 17.6 Å². The molecule has 1 amide bonds. The number of aromatic nitrogens is 1. The van der Waals surface area contributed by atoms with E-state index in [0.717, 1.165) is 11.1 Å². The summed E-state index contributed by atoms with van der Waals surface area (Å²) in [5, 5.41) is 13.4. The fourth-order valence-electron chi connectivity index (χ4n) is 3.38. The minimum absolute atomic E-state index is 0.0941. The minimum atomic E-state index is -0.516. The molecule has 2 aromatic rings. The van der Waals surface area contributed by atoms with Crippen molar-refractivity contribution in [3.63, 3.8) is 0 Å². The first-order chi connectivity index (χ1) is 13.9. The normalized spacial score (nSPS) is 13.1. The number of ether oxygens (including phenoxy) is 2. The first-order valence-electron chi connectivity index (χ1n) is 9.36. The van der Waals surface area contributed by atoms with Gasteiger partial charge >= 0.3 is 5.97 Å². The van der Waals surface area contributed by atoms with Gasteiger partial charge in [-0.2, -0.15) is 0 Å². The highest BCUT2D eigenvalue weighted by atomic mass is 16.5. The number of hydrogen-bond acceptors (Lipinski definition) is 6. The van der Waals surface area contributed by atoms with E-state index in [1.807, 2.05) is 19.9 Å². The number of cyclic esters (lactones) is 1. The summed E-state index contributed by atoms with van der Waals surface area (Å²) < 4.78 is 10.5. The molecular weight excluding hydrogens is 372 g/mol. The number of aromatic hydroxyl groups is 1. The molecule has 0 fully saturated rings. The Morgan fingerprint density at radius 3 is 2.90 bits per heavy atom. The van der Waals surface area contributed by atoms with E-state index < -0.39 is 5.97 Å². The largest absolute Gasteiger partial charge is 0.507 e. The number of allylic oxidation sites excluding steroid dienone is 2. The third-order valence-corrected chi connectivity index (χ3v) is 4.99. The summed E-state index contributed by atoms with van der Waals surface area (Å²) in [7, 11) is 1.54. The second-order valence-corrected chi connectivity index (χ2v) is 6.96. The predicted molar refractivity (Wildman–Crippen MR) is 108 cm³/mol. The maximum atomic E-state index is 12.1. The van der Waals surface area contributed by atoms with E-state index in [4.69, 9.17) is 9.47 Å². The number of rotatable bonds is 7. The monoisotopic (exact) mass is 396 g/mol. The number of carbonyl (C=O) groups excluding carboxylic acids is 2. The lowest BCUT2D eigenvalue weighted by Gasteiger charge is -2.15. The summed E-state index contributed by atoms with van der Waals surface area (Å²) >= 11 is 0. The highest BCUT2D eigenvalue weighted by Crippen LogP contribution is 2.42. The summed E-state index contributed by atoms with van der Waals surface area (Å²) in [4.78, 5) is 28.0. The molecule has 0 aliphatic carbocycles. The molecule has 29 heavy (non-hydrogen) atoms. The molecule has 0 saturated carbocycles. The lowest BCUT2D eigenvalue weighted by atomic mass is 9.94. The Morgan fingerprint density at radius 2 is 2.21 bits per heavy atom. The topological polar surface area (TPSA) is 97.8 Å². The molecule has 1 aliphatic rings. The van der Waals surface area contributed by atoms with Crippen molar-refractivity contribution in [2.45, 2.75) is 39.7 Å². The molecule has 7 heteroatoms. The van der Waals surface area contributed by atoms with Gasteiger partial charge < -0.3 is 19.9 Å². The highest BCUT2D eigenvalue weighted by Gasteiger charge is 2.31.